The largest absolute Gasteiger partial charge is 0.494 e. The Morgan fingerprint density at radius 2 is 1.86 bits per heavy atom. The Morgan fingerprint density at radius 3 is 2.60 bits per heavy atom. The van der Waals surface area contributed by atoms with Gasteiger partial charge in [-0.2, -0.15) is 4.98 Å². The number of aryl methyl sites for hydroxylation is 1. The third kappa shape index (κ3) is 6.26. The summed E-state index contributed by atoms with van der Waals surface area (Å²) in [6, 6.07) is 15.8. The lowest BCUT2D eigenvalue weighted by molar-refractivity contribution is -0.116. The molecular weight excluding hydrogens is 453 g/mol. The molecule has 4 aromatic rings. The first kappa shape index (κ1) is 23.6. The molecule has 178 valence electrons. The van der Waals surface area contributed by atoms with Crippen molar-refractivity contribution in [2.24, 2.45) is 0 Å². The Hall–Kier alpha value is -4.60. The highest BCUT2D eigenvalue weighted by atomic mass is 19.1. The molecule has 0 unspecified atom stereocenters. The number of carbonyl (C=O) groups excluding carboxylic acids is 2. The van der Waals surface area contributed by atoms with E-state index >= 15 is 0 Å². The Kier molecular flexibility index (Phi) is 7.41. The molecule has 0 aliphatic rings. The first-order valence-electron chi connectivity index (χ1n) is 10.9. The van der Waals surface area contributed by atoms with Crippen LogP contribution in [-0.4, -0.2) is 33.5 Å². The molecule has 35 heavy (non-hydrogen) atoms. The number of pyridine rings is 1. The van der Waals surface area contributed by atoms with Gasteiger partial charge in [0.15, 0.2) is 0 Å². The summed E-state index contributed by atoms with van der Waals surface area (Å²) < 4.78 is 24.5. The summed E-state index contributed by atoms with van der Waals surface area (Å²) in [5.74, 6) is -0.0391. The van der Waals surface area contributed by atoms with E-state index in [-0.39, 0.29) is 35.8 Å². The van der Waals surface area contributed by atoms with Gasteiger partial charge in [0.25, 0.3) is 5.91 Å². The molecule has 0 bridgehead atoms. The van der Waals surface area contributed by atoms with Gasteiger partial charge in [0.1, 0.15) is 17.3 Å². The van der Waals surface area contributed by atoms with E-state index in [1.807, 2.05) is 31.2 Å². The normalized spacial score (nSPS) is 10.6. The van der Waals surface area contributed by atoms with Gasteiger partial charge in [0.2, 0.25) is 17.6 Å². The van der Waals surface area contributed by atoms with Crippen molar-refractivity contribution in [2.75, 3.05) is 17.2 Å². The first-order chi connectivity index (χ1) is 17.0. The van der Waals surface area contributed by atoms with Crippen molar-refractivity contribution in [3.8, 4) is 17.1 Å². The summed E-state index contributed by atoms with van der Waals surface area (Å²) in [6.07, 6.45) is 1.68. The number of nitrogens with one attached hydrogen (secondary N) is 2. The number of benzene rings is 2. The highest BCUT2D eigenvalue weighted by molar-refractivity contribution is 6.06. The summed E-state index contributed by atoms with van der Waals surface area (Å²) in [4.78, 5) is 33.2. The maximum Gasteiger partial charge on any atom is 0.274 e. The smallest absolute Gasteiger partial charge is 0.274 e. The minimum Gasteiger partial charge on any atom is -0.494 e. The van der Waals surface area contributed by atoms with Crippen molar-refractivity contribution in [2.45, 2.75) is 19.8 Å². The zero-order valence-corrected chi connectivity index (χ0v) is 18.8. The van der Waals surface area contributed by atoms with Crippen LogP contribution in [0, 0.1) is 5.82 Å². The van der Waals surface area contributed by atoms with Gasteiger partial charge in [-0.25, -0.2) is 4.39 Å². The molecule has 0 spiro atoms. The van der Waals surface area contributed by atoms with E-state index in [1.54, 1.807) is 18.2 Å². The van der Waals surface area contributed by atoms with Gasteiger partial charge in [-0.05, 0) is 61.5 Å². The van der Waals surface area contributed by atoms with Gasteiger partial charge in [0, 0.05) is 24.6 Å². The number of rotatable bonds is 9. The topological polar surface area (TPSA) is 119 Å². The summed E-state index contributed by atoms with van der Waals surface area (Å²) in [5.41, 5.74) is 1.31. The van der Waals surface area contributed by atoms with Crippen LogP contribution in [0.1, 0.15) is 29.7 Å². The van der Waals surface area contributed by atoms with E-state index in [0.717, 1.165) is 17.4 Å². The molecule has 2 heterocycles. The van der Waals surface area contributed by atoms with Gasteiger partial charge in [-0.3, -0.25) is 14.6 Å². The van der Waals surface area contributed by atoms with E-state index in [9.17, 15) is 14.0 Å². The number of ether oxygens (including phenoxy) is 1. The third-order valence-corrected chi connectivity index (χ3v) is 4.86. The van der Waals surface area contributed by atoms with Crippen LogP contribution in [0.3, 0.4) is 0 Å². The minimum atomic E-state index is -0.562. The van der Waals surface area contributed by atoms with Crippen LogP contribution in [-0.2, 0) is 11.2 Å². The van der Waals surface area contributed by atoms with E-state index in [2.05, 4.69) is 25.8 Å². The zero-order valence-electron chi connectivity index (χ0n) is 18.8. The number of halogens is 1. The van der Waals surface area contributed by atoms with Gasteiger partial charge in [0.05, 0.1) is 18.0 Å². The molecule has 0 aliphatic heterocycles. The Bertz CT molecular complexity index is 1310. The van der Waals surface area contributed by atoms with Crippen LogP contribution in [0.15, 0.2) is 71.4 Å². The highest BCUT2D eigenvalue weighted by Crippen LogP contribution is 2.24. The molecular formula is C25H22FN5O4. The molecule has 9 nitrogen and oxygen atoms in total. The van der Waals surface area contributed by atoms with Crippen molar-refractivity contribution in [1.82, 2.24) is 15.1 Å². The molecule has 0 saturated heterocycles. The molecule has 2 aromatic heterocycles. The second-order valence-electron chi connectivity index (χ2n) is 7.38. The van der Waals surface area contributed by atoms with E-state index in [4.69, 9.17) is 9.26 Å². The van der Waals surface area contributed by atoms with Crippen LogP contribution < -0.4 is 15.4 Å². The molecule has 0 saturated carbocycles. The summed E-state index contributed by atoms with van der Waals surface area (Å²) in [5, 5.41) is 9.20. The average molecular weight is 475 g/mol. The van der Waals surface area contributed by atoms with E-state index in [1.165, 1.54) is 18.3 Å². The highest BCUT2D eigenvalue weighted by Gasteiger charge is 2.15. The molecule has 4 rings (SSSR count). The predicted molar refractivity (Wildman–Crippen MR) is 126 cm³/mol. The molecule has 0 radical (unpaired) electrons. The molecule has 0 aliphatic carbocycles. The molecule has 2 amide bonds. The number of hydrogen-bond donors (Lipinski definition) is 2. The summed E-state index contributed by atoms with van der Waals surface area (Å²) in [7, 11) is 0. The number of hydrogen-bond acceptors (Lipinski definition) is 7. The number of aromatic nitrogens is 3. The lowest BCUT2D eigenvalue weighted by Gasteiger charge is -2.12. The van der Waals surface area contributed by atoms with Crippen LogP contribution in [0.4, 0.5) is 15.8 Å². The number of amides is 2. The van der Waals surface area contributed by atoms with Gasteiger partial charge < -0.3 is 19.9 Å². The minimum absolute atomic E-state index is 0.00898. The Labute approximate surface area is 200 Å². The van der Waals surface area contributed by atoms with Crippen molar-refractivity contribution in [1.29, 1.82) is 0 Å². The molecule has 2 N–H and O–H groups in total. The number of carbonyl (C=O) groups is 2. The van der Waals surface area contributed by atoms with Crippen molar-refractivity contribution in [3.05, 3.63) is 84.3 Å². The first-order valence-corrected chi connectivity index (χ1v) is 10.9. The Morgan fingerprint density at radius 1 is 1.03 bits per heavy atom. The monoisotopic (exact) mass is 475 g/mol. The van der Waals surface area contributed by atoms with Gasteiger partial charge in [-0.15, -0.1) is 0 Å². The molecule has 0 atom stereocenters. The number of anilines is 2. The predicted octanol–water partition coefficient (Wildman–Crippen LogP) is 4.49. The molecule has 2 aromatic carbocycles. The third-order valence-electron chi connectivity index (χ3n) is 4.86. The van der Waals surface area contributed by atoms with Crippen LogP contribution in [0.25, 0.3) is 11.4 Å². The lowest BCUT2D eigenvalue weighted by Crippen LogP contribution is -2.18. The molecule has 0 fully saturated rings. The van der Waals surface area contributed by atoms with Crippen LogP contribution in [0.2, 0.25) is 0 Å². The van der Waals surface area contributed by atoms with Crippen LogP contribution >= 0.6 is 0 Å². The lowest BCUT2D eigenvalue weighted by atomic mass is 10.2. The van der Waals surface area contributed by atoms with E-state index in [0.29, 0.717) is 12.4 Å². The zero-order chi connectivity index (χ0) is 24.6. The summed E-state index contributed by atoms with van der Waals surface area (Å²) in [6.45, 7) is 2.48. The Balaban J connectivity index is 1.37. The SMILES string of the molecule is CCOc1ccc(-c2noc(CCC(=O)Nc3cc(F)ccc3NC(=O)c3ccccn3)n2)cc1. The maximum absolute atomic E-state index is 13.8. The van der Waals surface area contributed by atoms with Crippen molar-refractivity contribution >= 4 is 23.2 Å². The fourth-order valence-electron chi connectivity index (χ4n) is 3.19. The fraction of sp³-hybridized carbons (Fsp3) is 0.160. The quantitative estimate of drug-likeness (QED) is 0.366. The van der Waals surface area contributed by atoms with Gasteiger partial charge >= 0.3 is 0 Å². The van der Waals surface area contributed by atoms with E-state index < -0.39 is 17.6 Å². The number of nitrogens with zero attached hydrogens (tertiary/aromatic N) is 3. The molecule has 10 heteroatoms. The second-order valence-corrected chi connectivity index (χ2v) is 7.38. The van der Waals surface area contributed by atoms with Crippen LogP contribution in [0.5, 0.6) is 5.75 Å². The summed E-state index contributed by atoms with van der Waals surface area (Å²) >= 11 is 0. The van der Waals surface area contributed by atoms with Crippen molar-refractivity contribution < 1.29 is 23.2 Å². The second kappa shape index (κ2) is 11.0. The van der Waals surface area contributed by atoms with Crippen molar-refractivity contribution in [3.63, 3.8) is 0 Å². The average Bonchev–Trinajstić information content (AvgIpc) is 3.35. The standard InChI is InChI=1S/C25H22FN5O4/c1-2-34-18-9-6-16(7-10-18)24-30-23(35-31-24)13-12-22(32)28-21-15-17(26)8-11-19(21)29-25(33)20-5-3-4-14-27-20/h3-11,14-15H,2,12-13H2,1H3,(H,28,32)(H,29,33). The maximum atomic E-state index is 13.8. The fourth-order valence-corrected chi connectivity index (χ4v) is 3.19. The van der Waals surface area contributed by atoms with Gasteiger partial charge in [-0.1, -0.05) is 11.2 Å².